The molecule has 0 amide bonds. The Morgan fingerprint density at radius 2 is 1.16 bits per heavy atom. The third kappa shape index (κ3) is 4.25. The number of nitrogens with zero attached hydrogens (tertiary/aromatic N) is 1. The molecule has 0 fully saturated rings. The Morgan fingerprint density at radius 1 is 0.645 bits per heavy atom. The van der Waals surface area contributed by atoms with Crippen molar-refractivity contribution in [2.75, 3.05) is 0 Å². The van der Waals surface area contributed by atoms with Crippen LogP contribution in [0.1, 0.15) is 30.7 Å². The summed E-state index contributed by atoms with van der Waals surface area (Å²) in [5, 5.41) is 0. The number of benzene rings is 3. The van der Waals surface area contributed by atoms with Gasteiger partial charge in [0.1, 0.15) is 0 Å². The zero-order valence-electron chi connectivity index (χ0n) is 18.3. The molecule has 156 valence electrons. The van der Waals surface area contributed by atoms with Gasteiger partial charge in [-0.25, -0.2) is 0 Å². The summed E-state index contributed by atoms with van der Waals surface area (Å²) < 4.78 is 2.02. The summed E-state index contributed by atoms with van der Waals surface area (Å²) in [6.07, 6.45) is 2.47. The predicted molar refractivity (Wildman–Crippen MR) is 130 cm³/mol. The van der Waals surface area contributed by atoms with E-state index < -0.39 is 0 Å². The highest BCUT2D eigenvalue weighted by molar-refractivity contribution is 5.79. The average Bonchev–Trinajstić information content (AvgIpc) is 2.84. The Bertz CT molecular complexity index is 1190. The zero-order valence-corrected chi connectivity index (χ0v) is 18.3. The second-order valence-corrected chi connectivity index (χ2v) is 7.81. The number of aryl methyl sites for hydroxylation is 1. The summed E-state index contributed by atoms with van der Waals surface area (Å²) in [6, 6.07) is 31.1. The van der Waals surface area contributed by atoms with Gasteiger partial charge in [-0.2, -0.15) is 0 Å². The largest absolute Gasteiger partial charge is 0.311 e. The number of hydrogen-bond acceptors (Lipinski definition) is 1. The van der Waals surface area contributed by atoms with Gasteiger partial charge in [0.05, 0.1) is 5.56 Å². The van der Waals surface area contributed by atoms with Crippen molar-refractivity contribution in [3.63, 3.8) is 0 Å². The standard InChI is InChI=1S/C29H29NO/c1-3-25-27(23-16-10-6-11-17-23)26(4-2)30(21-20-22-14-8-5-9-15-22)29(31)28(25)24-18-12-7-13-19-24/h5-19H,3-4,20-21H2,1-2H3. The molecule has 0 bridgehead atoms. The van der Waals surface area contributed by atoms with Crippen LogP contribution in [0.15, 0.2) is 95.8 Å². The van der Waals surface area contributed by atoms with Crippen molar-refractivity contribution >= 4 is 0 Å². The van der Waals surface area contributed by atoms with Crippen LogP contribution in [0.3, 0.4) is 0 Å². The second kappa shape index (κ2) is 9.61. The van der Waals surface area contributed by atoms with Crippen molar-refractivity contribution in [1.82, 2.24) is 4.57 Å². The van der Waals surface area contributed by atoms with Crippen LogP contribution in [0.4, 0.5) is 0 Å². The zero-order chi connectivity index (χ0) is 21.6. The van der Waals surface area contributed by atoms with Crippen LogP contribution < -0.4 is 5.56 Å². The molecule has 2 nitrogen and oxygen atoms in total. The van der Waals surface area contributed by atoms with Crippen LogP contribution in [0.2, 0.25) is 0 Å². The maximum absolute atomic E-state index is 13.9. The summed E-state index contributed by atoms with van der Waals surface area (Å²) >= 11 is 0. The highest BCUT2D eigenvalue weighted by Crippen LogP contribution is 2.34. The lowest BCUT2D eigenvalue weighted by Gasteiger charge is -2.23. The van der Waals surface area contributed by atoms with Crippen molar-refractivity contribution in [2.24, 2.45) is 0 Å². The molecule has 0 N–H and O–H groups in total. The van der Waals surface area contributed by atoms with Crippen LogP contribution in [0.25, 0.3) is 22.3 Å². The maximum Gasteiger partial charge on any atom is 0.258 e. The molecule has 3 aromatic carbocycles. The minimum absolute atomic E-state index is 0.121. The molecule has 0 aliphatic carbocycles. The van der Waals surface area contributed by atoms with Crippen LogP contribution >= 0.6 is 0 Å². The molecule has 0 radical (unpaired) electrons. The fourth-order valence-corrected chi connectivity index (χ4v) is 4.51. The third-order valence-electron chi connectivity index (χ3n) is 5.96. The van der Waals surface area contributed by atoms with E-state index in [1.807, 2.05) is 34.9 Å². The summed E-state index contributed by atoms with van der Waals surface area (Å²) in [7, 11) is 0. The lowest BCUT2D eigenvalue weighted by Crippen LogP contribution is -2.28. The molecular weight excluding hydrogens is 378 g/mol. The van der Waals surface area contributed by atoms with E-state index in [-0.39, 0.29) is 5.56 Å². The number of rotatable bonds is 7. The second-order valence-electron chi connectivity index (χ2n) is 7.81. The predicted octanol–water partition coefficient (Wildman–Crippen LogP) is 6.55. The summed E-state index contributed by atoms with van der Waals surface area (Å²) in [4.78, 5) is 13.9. The molecule has 0 saturated carbocycles. The molecular formula is C29H29NO. The first-order chi connectivity index (χ1) is 15.2. The van der Waals surface area contributed by atoms with Crippen molar-refractivity contribution in [2.45, 2.75) is 39.7 Å². The molecule has 31 heavy (non-hydrogen) atoms. The Labute approximate surface area is 184 Å². The normalized spacial score (nSPS) is 10.9. The Kier molecular flexibility index (Phi) is 6.47. The van der Waals surface area contributed by atoms with Gasteiger partial charge >= 0.3 is 0 Å². The van der Waals surface area contributed by atoms with E-state index >= 15 is 0 Å². The van der Waals surface area contributed by atoms with Crippen molar-refractivity contribution in [1.29, 1.82) is 0 Å². The minimum Gasteiger partial charge on any atom is -0.311 e. The van der Waals surface area contributed by atoms with E-state index in [1.165, 1.54) is 16.7 Å². The van der Waals surface area contributed by atoms with Crippen molar-refractivity contribution < 1.29 is 0 Å². The molecule has 0 atom stereocenters. The molecule has 0 spiro atoms. The first-order valence-corrected chi connectivity index (χ1v) is 11.2. The fourth-order valence-electron chi connectivity index (χ4n) is 4.51. The van der Waals surface area contributed by atoms with Crippen molar-refractivity contribution in [3.8, 4) is 22.3 Å². The Hall–Kier alpha value is -3.39. The van der Waals surface area contributed by atoms with E-state index in [0.29, 0.717) is 6.54 Å². The summed E-state index contributed by atoms with van der Waals surface area (Å²) in [5.74, 6) is 0. The summed E-state index contributed by atoms with van der Waals surface area (Å²) in [6.45, 7) is 4.99. The van der Waals surface area contributed by atoms with Gasteiger partial charge in [0, 0.05) is 17.8 Å². The van der Waals surface area contributed by atoms with Crippen LogP contribution in [0, 0.1) is 0 Å². The van der Waals surface area contributed by atoms with Gasteiger partial charge < -0.3 is 4.57 Å². The Balaban J connectivity index is 1.98. The minimum atomic E-state index is 0.121. The number of aromatic nitrogens is 1. The molecule has 0 aliphatic heterocycles. The first-order valence-electron chi connectivity index (χ1n) is 11.2. The fraction of sp³-hybridized carbons (Fsp3) is 0.207. The maximum atomic E-state index is 13.9. The van der Waals surface area contributed by atoms with E-state index in [4.69, 9.17) is 0 Å². The van der Waals surface area contributed by atoms with Crippen LogP contribution in [-0.2, 0) is 25.8 Å². The van der Waals surface area contributed by atoms with Crippen molar-refractivity contribution in [3.05, 3.63) is 118 Å². The topological polar surface area (TPSA) is 22.0 Å². The van der Waals surface area contributed by atoms with Crippen LogP contribution in [-0.4, -0.2) is 4.57 Å². The van der Waals surface area contributed by atoms with Gasteiger partial charge in [-0.3, -0.25) is 4.79 Å². The van der Waals surface area contributed by atoms with E-state index in [9.17, 15) is 4.79 Å². The lowest BCUT2D eigenvalue weighted by atomic mass is 9.89. The van der Waals surface area contributed by atoms with Gasteiger partial charge in [0.2, 0.25) is 0 Å². The molecule has 0 unspecified atom stereocenters. The molecule has 4 aromatic rings. The van der Waals surface area contributed by atoms with Gasteiger partial charge in [0.15, 0.2) is 0 Å². The highest BCUT2D eigenvalue weighted by Gasteiger charge is 2.21. The molecule has 0 saturated heterocycles. The Morgan fingerprint density at radius 3 is 1.68 bits per heavy atom. The smallest absolute Gasteiger partial charge is 0.258 e. The number of pyridine rings is 1. The highest BCUT2D eigenvalue weighted by atomic mass is 16.1. The van der Waals surface area contributed by atoms with Gasteiger partial charge in [0.25, 0.3) is 5.56 Å². The monoisotopic (exact) mass is 407 g/mol. The molecule has 4 rings (SSSR count). The molecule has 0 aliphatic rings. The molecule has 2 heteroatoms. The molecule has 1 aromatic heterocycles. The first kappa shape index (κ1) is 20.9. The lowest BCUT2D eigenvalue weighted by molar-refractivity contribution is 0.636. The van der Waals surface area contributed by atoms with E-state index in [0.717, 1.165) is 41.6 Å². The van der Waals surface area contributed by atoms with Crippen LogP contribution in [0.5, 0.6) is 0 Å². The summed E-state index contributed by atoms with van der Waals surface area (Å²) in [5.41, 5.74) is 7.89. The van der Waals surface area contributed by atoms with E-state index in [2.05, 4.69) is 74.5 Å². The van der Waals surface area contributed by atoms with E-state index in [1.54, 1.807) is 0 Å². The number of hydrogen-bond donors (Lipinski definition) is 0. The quantitative estimate of drug-likeness (QED) is 0.340. The van der Waals surface area contributed by atoms with Gasteiger partial charge in [-0.1, -0.05) is 105 Å². The van der Waals surface area contributed by atoms with Gasteiger partial charge in [-0.05, 0) is 41.5 Å². The SMILES string of the molecule is CCc1c(-c2ccccc2)c(CC)n(CCc2ccccc2)c(=O)c1-c1ccccc1. The third-order valence-corrected chi connectivity index (χ3v) is 5.96. The molecule has 1 heterocycles. The van der Waals surface area contributed by atoms with Gasteiger partial charge in [-0.15, -0.1) is 0 Å². The average molecular weight is 408 g/mol.